The van der Waals surface area contributed by atoms with Crippen LogP contribution in [0.2, 0.25) is 22.3 Å². The molecule has 10 heteroatoms. The Balaban J connectivity index is 5.46. The van der Waals surface area contributed by atoms with Crippen LogP contribution in [0.15, 0.2) is 0 Å². The number of aliphatic hydroxyl groups is 1. The molecule has 0 rings (SSSR count). The van der Waals surface area contributed by atoms with Gasteiger partial charge in [-0.05, 0) is 0 Å². The van der Waals surface area contributed by atoms with Crippen molar-refractivity contribution >= 4 is 28.7 Å². The van der Waals surface area contributed by atoms with Gasteiger partial charge in [-0.1, -0.05) is 0 Å². The quantitative estimate of drug-likeness (QED) is 0.371. The van der Waals surface area contributed by atoms with Crippen LogP contribution in [0.1, 0.15) is 0 Å². The van der Waals surface area contributed by atoms with Crippen LogP contribution in [-0.4, -0.2) is 43.3 Å². The van der Waals surface area contributed by atoms with Crippen LogP contribution in [0.3, 0.4) is 0 Å². The van der Waals surface area contributed by atoms with Crippen molar-refractivity contribution in [3.8, 4) is 0 Å². The molecule has 0 aromatic rings. The molecule has 15 heavy (non-hydrogen) atoms. The predicted molar refractivity (Wildman–Crippen MR) is 57.2 cm³/mol. The summed E-state index contributed by atoms with van der Waals surface area (Å²) in [6, 6.07) is 0. The molecule has 7 nitrogen and oxygen atoms in total. The van der Waals surface area contributed by atoms with Crippen molar-refractivity contribution in [3.63, 3.8) is 0 Å². The van der Waals surface area contributed by atoms with E-state index >= 15 is 0 Å². The van der Waals surface area contributed by atoms with Crippen molar-refractivity contribution in [1.29, 1.82) is 0 Å². The molecule has 0 bridgehead atoms. The number of rotatable bonds is 4. The van der Waals surface area contributed by atoms with E-state index < -0.39 is 39.0 Å². The fourth-order valence-corrected chi connectivity index (χ4v) is 12.1. The predicted octanol–water partition coefficient (Wildman–Crippen LogP) is 0.326. The summed E-state index contributed by atoms with van der Waals surface area (Å²) in [5, 5.41) is 5.78. The van der Waals surface area contributed by atoms with E-state index in [1.54, 1.807) is 17.1 Å². The van der Waals surface area contributed by atoms with E-state index in [2.05, 4.69) is 0 Å². The summed E-state index contributed by atoms with van der Waals surface area (Å²) in [5.74, 6) is 0. The van der Waals surface area contributed by atoms with Gasteiger partial charge in [0.05, 0.1) is 0 Å². The van der Waals surface area contributed by atoms with Gasteiger partial charge in [-0.2, -0.15) is 0 Å². The molecule has 0 amide bonds. The Morgan fingerprint density at radius 2 is 1.27 bits per heavy atom. The first-order valence-electron chi connectivity index (χ1n) is 3.85. The fraction of sp³-hybridized carbons (Fsp3) is 1.00. The minimum atomic E-state index is -5.27. The average molecular weight is 325 g/mol. The maximum absolute atomic E-state index is 11.0. The molecule has 0 aromatic carbocycles. The number of hydrogen-bond acceptors (Lipinski definition) is 3. The molecule has 0 aliphatic heterocycles. The molecule has 0 aliphatic rings. The first-order valence-corrected chi connectivity index (χ1v) is 14.0. The second-order valence-corrected chi connectivity index (χ2v) is 18.6. The summed E-state index contributed by atoms with van der Waals surface area (Å²) in [6.07, 6.45) is 0. The van der Waals surface area contributed by atoms with Crippen LogP contribution in [0, 0.1) is 0 Å². The monoisotopic (exact) mass is 325 g/mol. The molecular weight excluding hydrogens is 309 g/mol. The second-order valence-electron chi connectivity index (χ2n) is 4.31. The Bertz CT molecular complexity index is 301. The molecular formula is C5H16AsO7P2+. The molecule has 0 radical (unpaired) electrons. The summed E-state index contributed by atoms with van der Waals surface area (Å²) >= 11 is -2.58. The summed E-state index contributed by atoms with van der Waals surface area (Å²) in [7, 11) is -10.5. The van der Waals surface area contributed by atoms with Gasteiger partial charge in [-0.15, -0.1) is 0 Å². The van der Waals surface area contributed by atoms with Gasteiger partial charge >= 0.3 is 90.0 Å². The van der Waals surface area contributed by atoms with Gasteiger partial charge in [-0.25, -0.2) is 0 Å². The molecule has 0 aliphatic carbocycles. The van der Waals surface area contributed by atoms with Crippen LogP contribution in [0.25, 0.3) is 0 Å². The third-order valence-corrected chi connectivity index (χ3v) is 9.40. The van der Waals surface area contributed by atoms with Crippen molar-refractivity contribution < 1.29 is 33.8 Å². The summed E-state index contributed by atoms with van der Waals surface area (Å²) in [6.45, 7) is 0. The molecule has 0 saturated heterocycles. The Labute approximate surface area is 90.3 Å². The average Bonchev–Trinajstić information content (AvgIpc) is 1.77. The van der Waals surface area contributed by atoms with E-state index in [1.165, 1.54) is 0 Å². The zero-order chi connectivity index (χ0) is 12.7. The fourth-order valence-electron chi connectivity index (χ4n) is 0.990. The molecule has 0 atom stereocenters. The van der Waals surface area contributed by atoms with Crippen LogP contribution >= 0.6 is 15.2 Å². The molecule has 0 aromatic heterocycles. The Hall–Kier alpha value is 0.818. The van der Waals surface area contributed by atoms with Crippen molar-refractivity contribution in [2.45, 2.75) is 27.4 Å². The van der Waals surface area contributed by atoms with Crippen LogP contribution in [0.5, 0.6) is 0 Å². The molecule has 0 spiro atoms. The Kier molecular flexibility index (Phi) is 4.48. The van der Waals surface area contributed by atoms with Crippen molar-refractivity contribution in [2.24, 2.45) is 0 Å². The van der Waals surface area contributed by atoms with Crippen LogP contribution in [-0.2, 0) is 9.13 Å². The van der Waals surface area contributed by atoms with Gasteiger partial charge in [0.25, 0.3) is 0 Å². The normalized spacial score (nSPS) is 15.5. The van der Waals surface area contributed by atoms with E-state index in [0.29, 0.717) is 0 Å². The summed E-state index contributed by atoms with van der Waals surface area (Å²) < 4.78 is 21.9. The van der Waals surface area contributed by atoms with E-state index in [0.717, 1.165) is 0 Å². The van der Waals surface area contributed by atoms with Gasteiger partial charge < -0.3 is 0 Å². The van der Waals surface area contributed by atoms with Gasteiger partial charge in [0.1, 0.15) is 0 Å². The van der Waals surface area contributed by atoms with Gasteiger partial charge in [0.2, 0.25) is 0 Å². The van der Waals surface area contributed by atoms with E-state index in [4.69, 9.17) is 19.6 Å². The van der Waals surface area contributed by atoms with Gasteiger partial charge in [-0.3, -0.25) is 0 Å². The summed E-state index contributed by atoms with van der Waals surface area (Å²) in [5.41, 5.74) is 5.03. The van der Waals surface area contributed by atoms with Crippen LogP contribution < -0.4 is 0 Å². The third-order valence-electron chi connectivity index (χ3n) is 1.62. The SMILES string of the molecule is C[As+](C)(C)CC(O)(P(=O)(O)O)P(=O)(O)O. The molecule has 0 heterocycles. The zero-order valence-corrected chi connectivity index (χ0v) is 12.3. The second kappa shape index (κ2) is 4.24. The van der Waals surface area contributed by atoms with E-state index in [1.807, 2.05) is 0 Å². The standard InChI is InChI=1S/C5H15AsO7P2/c1-6(2,3)4-5(7,14(8,9)10)15(11,12)13/h7H,4H2,1-3H3,(H3-,8,9,10,11,12,13)/p+1. The van der Waals surface area contributed by atoms with Crippen molar-refractivity contribution in [3.05, 3.63) is 0 Å². The van der Waals surface area contributed by atoms with Gasteiger partial charge in [0, 0.05) is 0 Å². The Morgan fingerprint density at radius 3 is 1.33 bits per heavy atom. The van der Waals surface area contributed by atoms with Crippen molar-refractivity contribution in [1.82, 2.24) is 0 Å². The molecule has 0 fully saturated rings. The zero-order valence-electron chi connectivity index (χ0n) is 8.60. The van der Waals surface area contributed by atoms with Crippen LogP contribution in [0.4, 0.5) is 0 Å². The first kappa shape index (κ1) is 15.8. The minimum absolute atomic E-state index is 0.528. The molecule has 0 saturated carbocycles. The van der Waals surface area contributed by atoms with E-state index in [-0.39, 0.29) is 0 Å². The van der Waals surface area contributed by atoms with Gasteiger partial charge in [0.15, 0.2) is 0 Å². The molecule has 92 valence electrons. The maximum atomic E-state index is 11.0. The molecule has 0 unspecified atom stereocenters. The summed E-state index contributed by atoms with van der Waals surface area (Å²) in [4.78, 5) is 35.3. The Morgan fingerprint density at radius 1 is 1.00 bits per heavy atom. The molecule has 5 N–H and O–H groups in total. The van der Waals surface area contributed by atoms with Crippen molar-refractivity contribution in [2.75, 3.05) is 0 Å². The number of hydrogen-bond donors (Lipinski definition) is 5. The topological polar surface area (TPSA) is 135 Å². The first-order chi connectivity index (χ1) is 6.21. The third kappa shape index (κ3) is 3.95. The van der Waals surface area contributed by atoms with E-state index in [9.17, 15) is 14.2 Å².